The van der Waals surface area contributed by atoms with E-state index in [0.29, 0.717) is 0 Å². The molecule has 0 amide bonds. The van der Waals surface area contributed by atoms with E-state index in [1.54, 1.807) is 0 Å². The summed E-state index contributed by atoms with van der Waals surface area (Å²) >= 11 is 1.87. The summed E-state index contributed by atoms with van der Waals surface area (Å²) in [6.45, 7) is 0. The largest absolute Gasteiger partial charge is 0.265 e. The Balaban J connectivity index is 1.22. The molecule has 0 fully saturated rings. The first-order chi connectivity index (χ1) is 21.3. The molecule has 4 aromatic heterocycles. The van der Waals surface area contributed by atoms with Crippen LogP contribution in [0.5, 0.6) is 0 Å². The molecule has 0 atom stereocenters. The van der Waals surface area contributed by atoms with Crippen LogP contribution in [0.25, 0.3) is 76.1 Å². The van der Waals surface area contributed by atoms with E-state index in [1.807, 2.05) is 60.4 Å². The van der Waals surface area contributed by atoms with Gasteiger partial charge in [-0.05, 0) is 88.0 Å². The minimum atomic E-state index is 0.913. The number of hydrogen-bond acceptors (Lipinski definition) is 4. The molecule has 0 unspecified atom stereocenters. The van der Waals surface area contributed by atoms with Crippen LogP contribution in [0.2, 0.25) is 0 Å². The number of aromatic nitrogens is 3. The lowest BCUT2D eigenvalue weighted by Crippen LogP contribution is -1.92. The summed E-state index contributed by atoms with van der Waals surface area (Å²) in [5.74, 6) is 0. The molecule has 8 aromatic rings. The zero-order valence-electron chi connectivity index (χ0n) is 23.2. The van der Waals surface area contributed by atoms with Crippen LogP contribution in [0.3, 0.4) is 0 Å². The number of fused-ring (bicyclic) bond motifs is 3. The van der Waals surface area contributed by atoms with E-state index in [9.17, 15) is 0 Å². The fraction of sp³-hybridized carbons (Fsp3) is 0. The highest BCUT2D eigenvalue weighted by Crippen LogP contribution is 2.41. The zero-order chi connectivity index (χ0) is 28.6. The number of hydrogen-bond donors (Lipinski definition) is 0. The predicted molar refractivity (Wildman–Crippen MR) is 180 cm³/mol. The van der Waals surface area contributed by atoms with Crippen molar-refractivity contribution in [3.05, 3.63) is 152 Å². The monoisotopic (exact) mass is 567 g/mol. The molecular formula is C39H25N3S. The number of benzene rings is 4. The molecule has 0 saturated carbocycles. The molecule has 0 radical (unpaired) electrons. The van der Waals surface area contributed by atoms with Gasteiger partial charge in [0, 0.05) is 56.1 Å². The Morgan fingerprint density at radius 3 is 1.60 bits per heavy atom. The Morgan fingerprint density at radius 1 is 0.395 bits per heavy atom. The SMILES string of the molecule is c1cc(-c2cccc(-c3cccc4c3sc3ccccc34)c2)cc(-c2cc(-c3ccncc3)nc(-c3ccncc3)c2)c1. The summed E-state index contributed by atoms with van der Waals surface area (Å²) in [4.78, 5) is 13.4. The molecule has 4 aromatic carbocycles. The van der Waals surface area contributed by atoms with Gasteiger partial charge in [0.2, 0.25) is 0 Å². The zero-order valence-corrected chi connectivity index (χ0v) is 24.0. The maximum absolute atomic E-state index is 5.01. The smallest absolute Gasteiger partial charge is 0.0716 e. The molecule has 0 aliphatic heterocycles. The van der Waals surface area contributed by atoms with Crippen molar-refractivity contribution in [3.8, 4) is 55.9 Å². The van der Waals surface area contributed by atoms with Gasteiger partial charge in [-0.1, -0.05) is 72.8 Å². The Bertz CT molecular complexity index is 2180. The van der Waals surface area contributed by atoms with Crippen molar-refractivity contribution in [2.45, 2.75) is 0 Å². The van der Waals surface area contributed by atoms with Gasteiger partial charge in [-0.15, -0.1) is 11.3 Å². The van der Waals surface area contributed by atoms with Crippen LogP contribution in [-0.2, 0) is 0 Å². The van der Waals surface area contributed by atoms with Gasteiger partial charge < -0.3 is 0 Å². The Kier molecular flexibility index (Phi) is 6.32. The van der Waals surface area contributed by atoms with Crippen molar-refractivity contribution in [2.24, 2.45) is 0 Å². The molecule has 0 aliphatic carbocycles. The second kappa shape index (κ2) is 10.8. The van der Waals surface area contributed by atoms with Crippen LogP contribution in [0.15, 0.2) is 152 Å². The lowest BCUT2D eigenvalue weighted by atomic mass is 9.95. The minimum absolute atomic E-state index is 0.913. The van der Waals surface area contributed by atoms with Crippen LogP contribution in [0, 0.1) is 0 Å². The summed E-state index contributed by atoms with van der Waals surface area (Å²) in [6.07, 6.45) is 7.23. The number of pyridine rings is 3. The van der Waals surface area contributed by atoms with E-state index in [0.717, 1.165) is 33.6 Å². The van der Waals surface area contributed by atoms with Crippen molar-refractivity contribution in [1.82, 2.24) is 15.0 Å². The molecule has 8 rings (SSSR count). The van der Waals surface area contributed by atoms with Gasteiger partial charge in [0.15, 0.2) is 0 Å². The summed E-state index contributed by atoms with van der Waals surface area (Å²) in [6, 6.07) is 45.3. The first kappa shape index (κ1) is 25.3. The van der Waals surface area contributed by atoms with Crippen LogP contribution in [0.1, 0.15) is 0 Å². The fourth-order valence-corrected chi connectivity index (χ4v) is 7.00. The maximum atomic E-state index is 5.01. The standard InChI is InChI=1S/C39H25N3S/c1-2-13-38-34(10-1)35-12-5-11-33(39(35)43-38)31-9-4-7-29(23-31)28-6-3-8-30(22-28)32-24-36(26-14-18-40-19-15-26)42-37(25-32)27-16-20-41-21-17-27/h1-25H. The van der Waals surface area contributed by atoms with Gasteiger partial charge in [0.1, 0.15) is 0 Å². The molecule has 0 aliphatic rings. The second-order valence-corrected chi connectivity index (χ2v) is 11.6. The van der Waals surface area contributed by atoms with E-state index < -0.39 is 0 Å². The van der Waals surface area contributed by atoms with Gasteiger partial charge in [-0.3, -0.25) is 9.97 Å². The van der Waals surface area contributed by atoms with E-state index in [4.69, 9.17) is 4.98 Å². The van der Waals surface area contributed by atoms with Gasteiger partial charge in [0.05, 0.1) is 11.4 Å². The van der Waals surface area contributed by atoms with Crippen LogP contribution < -0.4 is 0 Å². The Hall–Kier alpha value is -5.45. The molecule has 0 saturated heterocycles. The average molecular weight is 568 g/mol. The van der Waals surface area contributed by atoms with Gasteiger partial charge in [-0.2, -0.15) is 0 Å². The Morgan fingerprint density at radius 2 is 0.930 bits per heavy atom. The van der Waals surface area contributed by atoms with Crippen molar-refractivity contribution < 1.29 is 0 Å². The highest BCUT2D eigenvalue weighted by Gasteiger charge is 2.13. The van der Waals surface area contributed by atoms with Crippen molar-refractivity contribution in [1.29, 1.82) is 0 Å². The van der Waals surface area contributed by atoms with Gasteiger partial charge >= 0.3 is 0 Å². The van der Waals surface area contributed by atoms with E-state index in [1.165, 1.54) is 42.4 Å². The summed E-state index contributed by atoms with van der Waals surface area (Å²) in [5, 5.41) is 2.64. The highest BCUT2D eigenvalue weighted by molar-refractivity contribution is 7.26. The topological polar surface area (TPSA) is 38.7 Å². The van der Waals surface area contributed by atoms with E-state index in [2.05, 4.69) is 113 Å². The Labute approximate surface area is 253 Å². The van der Waals surface area contributed by atoms with Crippen molar-refractivity contribution in [3.63, 3.8) is 0 Å². The third kappa shape index (κ3) is 4.78. The quantitative estimate of drug-likeness (QED) is 0.208. The summed E-state index contributed by atoms with van der Waals surface area (Å²) in [5.41, 5.74) is 11.0. The summed E-state index contributed by atoms with van der Waals surface area (Å²) in [7, 11) is 0. The average Bonchev–Trinajstić information content (AvgIpc) is 3.48. The number of nitrogens with zero attached hydrogens (tertiary/aromatic N) is 3. The van der Waals surface area contributed by atoms with Crippen LogP contribution in [-0.4, -0.2) is 15.0 Å². The van der Waals surface area contributed by atoms with E-state index in [-0.39, 0.29) is 0 Å². The molecule has 4 heteroatoms. The first-order valence-corrected chi connectivity index (χ1v) is 15.1. The van der Waals surface area contributed by atoms with Crippen molar-refractivity contribution in [2.75, 3.05) is 0 Å². The number of thiophene rings is 1. The van der Waals surface area contributed by atoms with Crippen LogP contribution >= 0.6 is 11.3 Å². The fourth-order valence-electron chi connectivity index (χ4n) is 5.76. The van der Waals surface area contributed by atoms with Gasteiger partial charge in [-0.25, -0.2) is 4.98 Å². The second-order valence-electron chi connectivity index (χ2n) is 10.5. The molecule has 3 nitrogen and oxygen atoms in total. The third-order valence-electron chi connectivity index (χ3n) is 7.88. The highest BCUT2D eigenvalue weighted by atomic mass is 32.1. The molecule has 0 spiro atoms. The first-order valence-electron chi connectivity index (χ1n) is 14.2. The molecule has 202 valence electrons. The lowest BCUT2D eigenvalue weighted by molar-refractivity contribution is 1.27. The van der Waals surface area contributed by atoms with Crippen molar-refractivity contribution >= 4 is 31.5 Å². The lowest BCUT2D eigenvalue weighted by Gasteiger charge is -2.12. The maximum Gasteiger partial charge on any atom is 0.0716 e. The molecule has 0 bridgehead atoms. The van der Waals surface area contributed by atoms with Crippen LogP contribution in [0.4, 0.5) is 0 Å². The van der Waals surface area contributed by atoms with Gasteiger partial charge in [0.25, 0.3) is 0 Å². The molecule has 43 heavy (non-hydrogen) atoms. The molecular weight excluding hydrogens is 543 g/mol. The third-order valence-corrected chi connectivity index (χ3v) is 9.10. The normalized spacial score (nSPS) is 11.3. The molecule has 0 N–H and O–H groups in total. The van der Waals surface area contributed by atoms with E-state index >= 15 is 0 Å². The summed E-state index contributed by atoms with van der Waals surface area (Å²) < 4.78 is 2.65. The minimum Gasteiger partial charge on any atom is -0.265 e. The predicted octanol–water partition coefficient (Wildman–Crippen LogP) is 10.6. The number of rotatable bonds is 5. The molecule has 4 heterocycles.